The third kappa shape index (κ3) is 2.65. The van der Waals surface area contributed by atoms with E-state index in [1.165, 1.54) is 0 Å². The zero-order valence-electron chi connectivity index (χ0n) is 12.1. The van der Waals surface area contributed by atoms with Crippen LogP contribution in [0, 0.1) is 0 Å². The van der Waals surface area contributed by atoms with Crippen molar-refractivity contribution in [1.29, 1.82) is 0 Å². The molecule has 0 spiro atoms. The van der Waals surface area contributed by atoms with E-state index in [1.807, 2.05) is 36.4 Å². The van der Waals surface area contributed by atoms with Gasteiger partial charge >= 0.3 is 0 Å². The second kappa shape index (κ2) is 4.93. The van der Waals surface area contributed by atoms with Gasteiger partial charge in [-0.2, -0.15) is 0 Å². The fraction of sp³-hybridized carbons (Fsp3) is 0.222. The summed E-state index contributed by atoms with van der Waals surface area (Å²) >= 11 is 0. The average molecular weight is 279 g/mol. The van der Waals surface area contributed by atoms with Crippen molar-refractivity contribution in [3.05, 3.63) is 65.0 Å². The fourth-order valence-corrected chi connectivity index (χ4v) is 2.55. The first-order valence-corrected chi connectivity index (χ1v) is 6.96. The molecule has 3 rings (SSSR count). The Kier molecular flexibility index (Phi) is 3.22. The lowest BCUT2D eigenvalue weighted by atomic mass is 9.88. The number of Topliss-reactive ketones (excluding diaryl/α,β-unsaturated/α-hetero) is 1. The Morgan fingerprint density at radius 1 is 1.14 bits per heavy atom. The van der Waals surface area contributed by atoms with E-state index < -0.39 is 5.60 Å². The van der Waals surface area contributed by atoms with Gasteiger partial charge in [-0.25, -0.2) is 0 Å². The molecule has 0 radical (unpaired) electrons. The van der Waals surface area contributed by atoms with Crippen LogP contribution in [0.5, 0.6) is 0 Å². The number of pyridine rings is 1. The van der Waals surface area contributed by atoms with E-state index in [1.54, 1.807) is 26.2 Å². The number of benzene rings is 1. The van der Waals surface area contributed by atoms with Crippen molar-refractivity contribution in [1.82, 2.24) is 4.98 Å². The third-order valence-corrected chi connectivity index (χ3v) is 3.80. The zero-order chi connectivity index (χ0) is 15.0. The summed E-state index contributed by atoms with van der Waals surface area (Å²) in [4.78, 5) is 16.2. The molecule has 1 aliphatic rings. The number of hydrogen-bond donors (Lipinski definition) is 1. The van der Waals surface area contributed by atoms with Gasteiger partial charge in [0.15, 0.2) is 5.78 Å². The molecule has 0 bridgehead atoms. The number of ketones is 1. The van der Waals surface area contributed by atoms with Crippen LogP contribution in [0.25, 0.3) is 11.6 Å². The van der Waals surface area contributed by atoms with Crippen LogP contribution >= 0.6 is 0 Å². The number of carbonyl (C=O) groups is 1. The Morgan fingerprint density at radius 2 is 1.86 bits per heavy atom. The normalized spacial score (nSPS) is 14.6. The van der Waals surface area contributed by atoms with Crippen LogP contribution in [-0.2, 0) is 5.60 Å². The number of rotatable bonds is 2. The van der Waals surface area contributed by atoms with Crippen LogP contribution in [0.1, 0.15) is 47.3 Å². The van der Waals surface area contributed by atoms with Gasteiger partial charge in [-0.3, -0.25) is 9.78 Å². The molecule has 0 aliphatic heterocycles. The minimum atomic E-state index is -0.854. The van der Waals surface area contributed by atoms with Crippen molar-refractivity contribution >= 4 is 17.4 Å². The largest absolute Gasteiger partial charge is 0.386 e. The van der Waals surface area contributed by atoms with Gasteiger partial charge in [-0.05, 0) is 48.3 Å². The lowest BCUT2D eigenvalue weighted by Gasteiger charge is -2.19. The second-order valence-electron chi connectivity index (χ2n) is 5.87. The molecule has 1 N–H and O–H groups in total. The molecule has 0 saturated carbocycles. The van der Waals surface area contributed by atoms with Gasteiger partial charge in [0, 0.05) is 24.4 Å². The monoisotopic (exact) mass is 279 g/mol. The SMILES string of the molecule is CC(C)(O)c1ccc(C2=Cc3ccncc3C(=O)C2)cc1. The van der Waals surface area contributed by atoms with Crippen LogP contribution in [0.2, 0.25) is 0 Å². The Balaban J connectivity index is 1.99. The van der Waals surface area contributed by atoms with Crippen molar-refractivity contribution in [3.8, 4) is 0 Å². The minimum absolute atomic E-state index is 0.0992. The summed E-state index contributed by atoms with van der Waals surface area (Å²) in [5.74, 6) is 0.0992. The molecule has 1 aromatic carbocycles. The highest BCUT2D eigenvalue weighted by molar-refractivity contribution is 6.11. The molecule has 2 aromatic rings. The summed E-state index contributed by atoms with van der Waals surface area (Å²) in [6.07, 6.45) is 5.75. The molecular weight excluding hydrogens is 262 g/mol. The van der Waals surface area contributed by atoms with E-state index in [0.717, 1.165) is 22.3 Å². The molecule has 21 heavy (non-hydrogen) atoms. The summed E-state index contributed by atoms with van der Waals surface area (Å²) in [6.45, 7) is 3.52. The minimum Gasteiger partial charge on any atom is -0.386 e. The molecule has 0 unspecified atom stereocenters. The van der Waals surface area contributed by atoms with Crippen molar-refractivity contribution in [2.24, 2.45) is 0 Å². The van der Waals surface area contributed by atoms with E-state index >= 15 is 0 Å². The molecule has 0 atom stereocenters. The maximum absolute atomic E-state index is 12.2. The number of hydrogen-bond acceptors (Lipinski definition) is 3. The molecule has 0 fully saturated rings. The predicted molar refractivity (Wildman–Crippen MR) is 82.7 cm³/mol. The van der Waals surface area contributed by atoms with Gasteiger partial charge in [0.25, 0.3) is 0 Å². The number of carbonyl (C=O) groups excluding carboxylic acids is 1. The molecule has 1 aromatic heterocycles. The van der Waals surface area contributed by atoms with Gasteiger partial charge < -0.3 is 5.11 Å². The first-order chi connectivity index (χ1) is 9.95. The first kappa shape index (κ1) is 13.7. The molecule has 1 heterocycles. The van der Waals surface area contributed by atoms with Crippen molar-refractivity contribution in [2.75, 3.05) is 0 Å². The van der Waals surface area contributed by atoms with Gasteiger partial charge in [-0.15, -0.1) is 0 Å². The van der Waals surface area contributed by atoms with Gasteiger partial charge in [-0.1, -0.05) is 24.3 Å². The van der Waals surface area contributed by atoms with Crippen molar-refractivity contribution in [3.63, 3.8) is 0 Å². The Morgan fingerprint density at radius 3 is 2.52 bits per heavy atom. The van der Waals surface area contributed by atoms with Crippen LogP contribution < -0.4 is 0 Å². The molecule has 3 heteroatoms. The maximum atomic E-state index is 12.2. The first-order valence-electron chi connectivity index (χ1n) is 6.96. The molecule has 1 aliphatic carbocycles. The second-order valence-corrected chi connectivity index (χ2v) is 5.87. The van der Waals surface area contributed by atoms with Crippen molar-refractivity contribution in [2.45, 2.75) is 25.9 Å². The van der Waals surface area contributed by atoms with Crippen molar-refractivity contribution < 1.29 is 9.90 Å². The lowest BCUT2D eigenvalue weighted by Crippen LogP contribution is -2.15. The third-order valence-electron chi connectivity index (χ3n) is 3.80. The van der Waals surface area contributed by atoms with E-state index in [-0.39, 0.29) is 5.78 Å². The maximum Gasteiger partial charge on any atom is 0.169 e. The molecule has 0 saturated heterocycles. The van der Waals surface area contributed by atoms with E-state index in [2.05, 4.69) is 4.98 Å². The molecule has 106 valence electrons. The number of fused-ring (bicyclic) bond motifs is 1. The standard InChI is InChI=1S/C18H17NO2/c1-18(2,21)15-5-3-12(4-6-15)14-9-13-7-8-19-11-16(13)17(20)10-14/h3-9,11,21H,10H2,1-2H3. The Bertz CT molecular complexity index is 722. The summed E-state index contributed by atoms with van der Waals surface area (Å²) < 4.78 is 0. The number of aliphatic hydroxyl groups is 1. The van der Waals surface area contributed by atoms with E-state index in [4.69, 9.17) is 0 Å². The van der Waals surface area contributed by atoms with Crippen LogP contribution in [0.4, 0.5) is 0 Å². The van der Waals surface area contributed by atoms with E-state index in [9.17, 15) is 9.90 Å². The number of aromatic nitrogens is 1. The van der Waals surface area contributed by atoms with E-state index in [0.29, 0.717) is 12.0 Å². The lowest BCUT2D eigenvalue weighted by molar-refractivity contribution is 0.0786. The summed E-state index contributed by atoms with van der Waals surface area (Å²) in [6, 6.07) is 9.58. The van der Waals surface area contributed by atoms with Crippen LogP contribution in [-0.4, -0.2) is 15.9 Å². The summed E-state index contributed by atoms with van der Waals surface area (Å²) in [5, 5.41) is 9.99. The molecular formula is C18H17NO2. The summed E-state index contributed by atoms with van der Waals surface area (Å²) in [5.41, 5.74) is 3.63. The highest BCUT2D eigenvalue weighted by Gasteiger charge is 2.20. The van der Waals surface area contributed by atoms with Gasteiger partial charge in [0.1, 0.15) is 0 Å². The zero-order valence-corrected chi connectivity index (χ0v) is 12.1. The highest BCUT2D eigenvalue weighted by Crippen LogP contribution is 2.31. The Labute approximate surface area is 124 Å². The number of allylic oxidation sites excluding steroid dienone is 1. The summed E-state index contributed by atoms with van der Waals surface area (Å²) in [7, 11) is 0. The highest BCUT2D eigenvalue weighted by atomic mass is 16.3. The Hall–Kier alpha value is -2.26. The van der Waals surface area contributed by atoms with Crippen LogP contribution in [0.15, 0.2) is 42.7 Å². The molecule has 3 nitrogen and oxygen atoms in total. The quantitative estimate of drug-likeness (QED) is 0.916. The predicted octanol–water partition coefficient (Wildman–Crippen LogP) is 3.44. The van der Waals surface area contributed by atoms with Gasteiger partial charge in [0.05, 0.1) is 5.60 Å². The number of nitrogens with zero attached hydrogens (tertiary/aromatic N) is 1. The topological polar surface area (TPSA) is 50.2 Å². The fourth-order valence-electron chi connectivity index (χ4n) is 2.55. The van der Waals surface area contributed by atoms with Gasteiger partial charge in [0.2, 0.25) is 0 Å². The average Bonchev–Trinajstić information content (AvgIpc) is 2.46. The molecule has 0 amide bonds. The van der Waals surface area contributed by atoms with Crippen LogP contribution in [0.3, 0.4) is 0 Å². The smallest absolute Gasteiger partial charge is 0.169 e.